The van der Waals surface area contributed by atoms with E-state index < -0.39 is 43.2 Å². The van der Waals surface area contributed by atoms with E-state index in [-0.39, 0.29) is 55.2 Å². The van der Waals surface area contributed by atoms with Crippen LogP contribution in [0.1, 0.15) is 80.3 Å². The van der Waals surface area contributed by atoms with Crippen LogP contribution in [0.3, 0.4) is 0 Å². The van der Waals surface area contributed by atoms with Gasteiger partial charge in [-0.25, -0.2) is 9.36 Å². The highest BCUT2D eigenvalue weighted by Gasteiger charge is 2.33. The molecule has 0 spiro atoms. The average molecular weight is 630 g/mol. The molecule has 44 heavy (non-hydrogen) atoms. The minimum absolute atomic E-state index is 0.116. The first-order chi connectivity index (χ1) is 20.9. The summed E-state index contributed by atoms with van der Waals surface area (Å²) < 4.78 is 29.8. The van der Waals surface area contributed by atoms with Crippen molar-refractivity contribution in [2.45, 2.75) is 71.3 Å². The standard InChI is InChI=1S/C32H40NO10P/c1-4-41-32(39)22(3)42-44(40,43-25-10-6-5-7-11-25)18-17-33-31(38)21(2)26-14-13-23(19-24-9-8-12-28(24)34)20-27(26)29(35)15-16-30(36)37/h5-7,10-11,13-14,20-22,24H,4,8-9,12,15-19H2,1-3H3,(H,33,38)(H,36,37)/t21?,22-,24?,44?/m0/s1. The maximum Gasteiger partial charge on any atom is 0.381 e. The molecule has 2 aromatic rings. The third-order valence-electron chi connectivity index (χ3n) is 7.37. The van der Waals surface area contributed by atoms with Crippen molar-refractivity contribution in [3.05, 3.63) is 65.2 Å². The van der Waals surface area contributed by atoms with E-state index in [1.807, 2.05) is 0 Å². The Hall–Kier alpha value is -3.82. The molecule has 1 aliphatic rings. The first kappa shape index (κ1) is 34.7. The quantitative estimate of drug-likeness (QED) is 0.137. The highest BCUT2D eigenvalue weighted by atomic mass is 31.2. The molecule has 11 nitrogen and oxygen atoms in total. The van der Waals surface area contributed by atoms with Crippen LogP contribution in [-0.4, -0.2) is 59.9 Å². The van der Waals surface area contributed by atoms with Gasteiger partial charge in [0.15, 0.2) is 11.9 Å². The van der Waals surface area contributed by atoms with Gasteiger partial charge in [0.05, 0.1) is 25.1 Å². The topological polar surface area (TPSA) is 162 Å². The van der Waals surface area contributed by atoms with Crippen LogP contribution >= 0.6 is 7.60 Å². The Morgan fingerprint density at radius 2 is 1.80 bits per heavy atom. The number of carboxylic acid groups (broad SMARTS) is 1. The third kappa shape index (κ3) is 10.1. The number of benzene rings is 2. The zero-order valence-electron chi connectivity index (χ0n) is 25.3. The van der Waals surface area contributed by atoms with Gasteiger partial charge in [-0.2, -0.15) is 0 Å². The van der Waals surface area contributed by atoms with Gasteiger partial charge < -0.3 is 19.7 Å². The van der Waals surface area contributed by atoms with Gasteiger partial charge in [0, 0.05) is 30.9 Å². The number of ketones is 2. The minimum atomic E-state index is -3.96. The van der Waals surface area contributed by atoms with Gasteiger partial charge in [-0.3, -0.25) is 23.7 Å². The molecule has 1 aliphatic carbocycles. The largest absolute Gasteiger partial charge is 0.481 e. The number of aliphatic carboxylic acids is 1. The van der Waals surface area contributed by atoms with Crippen LogP contribution in [0.15, 0.2) is 48.5 Å². The number of amides is 1. The van der Waals surface area contributed by atoms with Gasteiger partial charge in [0.2, 0.25) is 5.91 Å². The molecule has 12 heteroatoms. The predicted molar refractivity (Wildman–Crippen MR) is 162 cm³/mol. The molecule has 0 saturated heterocycles. The number of carbonyl (C=O) groups is 5. The summed E-state index contributed by atoms with van der Waals surface area (Å²) in [6, 6.07) is 13.4. The van der Waals surface area contributed by atoms with Crippen molar-refractivity contribution >= 4 is 37.0 Å². The van der Waals surface area contributed by atoms with Gasteiger partial charge in [-0.1, -0.05) is 30.3 Å². The molecule has 1 amide bonds. The average Bonchev–Trinajstić information content (AvgIpc) is 3.39. The lowest BCUT2D eigenvalue weighted by atomic mass is 9.87. The maximum atomic E-state index is 13.7. The fourth-order valence-corrected chi connectivity index (χ4v) is 6.64. The van der Waals surface area contributed by atoms with Gasteiger partial charge in [0.1, 0.15) is 11.5 Å². The molecule has 238 valence electrons. The molecular formula is C32H40NO10P. The number of carboxylic acids is 1. The van der Waals surface area contributed by atoms with E-state index >= 15 is 0 Å². The van der Waals surface area contributed by atoms with E-state index in [4.69, 9.17) is 18.9 Å². The van der Waals surface area contributed by atoms with Gasteiger partial charge >= 0.3 is 19.5 Å². The van der Waals surface area contributed by atoms with Crippen molar-refractivity contribution in [2.75, 3.05) is 19.3 Å². The monoisotopic (exact) mass is 629 g/mol. The summed E-state index contributed by atoms with van der Waals surface area (Å²) in [6.07, 6.45) is 0.588. The Kier molecular flexibility index (Phi) is 12.8. The molecule has 3 unspecified atom stereocenters. The number of para-hydroxylation sites is 1. The number of hydrogen-bond donors (Lipinski definition) is 2. The normalized spacial score (nSPS) is 17.2. The number of hydrogen-bond acceptors (Lipinski definition) is 9. The second kappa shape index (κ2) is 16.3. The Morgan fingerprint density at radius 3 is 2.43 bits per heavy atom. The molecular weight excluding hydrogens is 589 g/mol. The minimum Gasteiger partial charge on any atom is -0.481 e. The van der Waals surface area contributed by atoms with Crippen LogP contribution < -0.4 is 9.84 Å². The van der Waals surface area contributed by atoms with Crippen molar-refractivity contribution in [3.63, 3.8) is 0 Å². The Morgan fingerprint density at radius 1 is 1.07 bits per heavy atom. The molecule has 3 rings (SSSR count). The lowest BCUT2D eigenvalue weighted by Gasteiger charge is -2.23. The molecule has 0 radical (unpaired) electrons. The van der Waals surface area contributed by atoms with Crippen molar-refractivity contribution in [2.24, 2.45) is 5.92 Å². The second-order valence-corrected chi connectivity index (χ2v) is 12.8. The number of nitrogens with one attached hydrogen (secondary N) is 1. The highest BCUT2D eigenvalue weighted by Crippen LogP contribution is 2.49. The van der Waals surface area contributed by atoms with Crippen LogP contribution in [0.5, 0.6) is 5.75 Å². The fourth-order valence-electron chi connectivity index (χ4n) is 5.01. The molecule has 0 aliphatic heterocycles. The lowest BCUT2D eigenvalue weighted by molar-refractivity contribution is -0.150. The molecule has 4 atom stereocenters. The molecule has 0 bridgehead atoms. The lowest BCUT2D eigenvalue weighted by Crippen LogP contribution is -2.32. The fraction of sp³-hybridized carbons (Fsp3) is 0.469. The molecule has 1 saturated carbocycles. The molecule has 0 aromatic heterocycles. The SMILES string of the molecule is CCOC(=O)[C@H](C)OP(=O)(CCNC(=O)C(C)c1ccc(CC2CCCC2=O)cc1C(=O)CCC(=O)O)Oc1ccccc1. The van der Waals surface area contributed by atoms with E-state index in [0.29, 0.717) is 18.4 Å². The van der Waals surface area contributed by atoms with Crippen molar-refractivity contribution in [1.82, 2.24) is 5.32 Å². The third-order valence-corrected chi connectivity index (χ3v) is 9.26. The van der Waals surface area contributed by atoms with Crippen molar-refractivity contribution in [1.29, 1.82) is 0 Å². The zero-order chi connectivity index (χ0) is 32.3. The van der Waals surface area contributed by atoms with E-state index in [9.17, 15) is 28.5 Å². The van der Waals surface area contributed by atoms with Gasteiger partial charge in [-0.05, 0) is 69.4 Å². The predicted octanol–water partition coefficient (Wildman–Crippen LogP) is 5.11. The van der Waals surface area contributed by atoms with Crippen molar-refractivity contribution < 1.29 is 47.4 Å². The molecule has 2 N–H and O–H groups in total. The van der Waals surface area contributed by atoms with Crippen LogP contribution in [0.4, 0.5) is 0 Å². The van der Waals surface area contributed by atoms with E-state index in [2.05, 4.69) is 5.32 Å². The Balaban J connectivity index is 1.75. The summed E-state index contributed by atoms with van der Waals surface area (Å²) in [7, 11) is -3.96. The number of esters is 1. The summed E-state index contributed by atoms with van der Waals surface area (Å²) in [6.45, 7) is 4.63. The molecule has 0 heterocycles. The summed E-state index contributed by atoms with van der Waals surface area (Å²) in [4.78, 5) is 61.8. The number of carbonyl (C=O) groups excluding carboxylic acids is 4. The summed E-state index contributed by atoms with van der Waals surface area (Å²) >= 11 is 0. The van der Waals surface area contributed by atoms with E-state index in [1.54, 1.807) is 62.4 Å². The first-order valence-corrected chi connectivity index (χ1v) is 16.5. The Labute approximate surface area is 257 Å². The smallest absolute Gasteiger partial charge is 0.381 e. The van der Waals surface area contributed by atoms with Crippen LogP contribution in [0.2, 0.25) is 0 Å². The number of Topliss-reactive ketones (excluding diaryl/α,β-unsaturated/α-hetero) is 2. The second-order valence-electron chi connectivity index (χ2n) is 10.7. The number of ether oxygens (including phenoxy) is 1. The van der Waals surface area contributed by atoms with Gasteiger partial charge in [0.25, 0.3) is 0 Å². The van der Waals surface area contributed by atoms with Crippen molar-refractivity contribution in [3.8, 4) is 5.75 Å². The van der Waals surface area contributed by atoms with Gasteiger partial charge in [-0.15, -0.1) is 0 Å². The Bertz CT molecular complexity index is 1390. The van der Waals surface area contributed by atoms with E-state index in [1.165, 1.54) is 6.92 Å². The summed E-state index contributed by atoms with van der Waals surface area (Å²) in [5, 5.41) is 11.8. The molecule has 1 fully saturated rings. The number of rotatable bonds is 17. The van der Waals surface area contributed by atoms with Crippen LogP contribution in [0, 0.1) is 5.92 Å². The van der Waals surface area contributed by atoms with Crippen LogP contribution in [0.25, 0.3) is 0 Å². The summed E-state index contributed by atoms with van der Waals surface area (Å²) in [5.41, 5.74) is 1.42. The molecule has 2 aromatic carbocycles. The summed E-state index contributed by atoms with van der Waals surface area (Å²) in [5.74, 6) is -3.20. The zero-order valence-corrected chi connectivity index (χ0v) is 26.2. The van der Waals surface area contributed by atoms with E-state index in [0.717, 1.165) is 18.4 Å². The first-order valence-electron chi connectivity index (χ1n) is 14.8. The van der Waals surface area contributed by atoms with Crippen LogP contribution in [-0.2, 0) is 39.4 Å². The maximum absolute atomic E-state index is 13.7. The highest BCUT2D eigenvalue weighted by molar-refractivity contribution is 7.54.